The standard InChI is InChI=1S/C26H23F3N8O3/c27-26(28,29)16-12-31-24(32-13-16)33-17-7-9-37(10-8-17)23(40)15-4-1-3-14(11-15)22(39)36-25-34-19-6-2-5-18(21(30)38)20(19)35-25/h1-6,11-13,17H,7-10H2,(H2,30,38)(H,31,32,33)(H2,34,35,36,39). The summed E-state index contributed by atoms with van der Waals surface area (Å²) < 4.78 is 38.1. The number of para-hydroxylation sites is 1. The minimum atomic E-state index is -4.51. The molecule has 40 heavy (non-hydrogen) atoms. The number of fused-ring (bicyclic) bond motifs is 1. The molecule has 206 valence electrons. The van der Waals surface area contributed by atoms with Crippen LogP contribution >= 0.6 is 0 Å². The Morgan fingerprint density at radius 2 is 1.68 bits per heavy atom. The molecule has 1 aliphatic heterocycles. The van der Waals surface area contributed by atoms with Gasteiger partial charge in [-0.25, -0.2) is 15.0 Å². The smallest absolute Gasteiger partial charge is 0.366 e. The first-order chi connectivity index (χ1) is 19.1. The third-order valence-electron chi connectivity index (χ3n) is 6.48. The van der Waals surface area contributed by atoms with E-state index in [9.17, 15) is 27.6 Å². The number of aromatic amines is 1. The van der Waals surface area contributed by atoms with E-state index in [1.165, 1.54) is 12.1 Å². The summed E-state index contributed by atoms with van der Waals surface area (Å²) in [6.07, 6.45) is -1.98. The molecule has 0 atom stereocenters. The van der Waals surface area contributed by atoms with Crippen molar-refractivity contribution in [1.29, 1.82) is 0 Å². The molecule has 5 N–H and O–H groups in total. The average molecular weight is 553 g/mol. The van der Waals surface area contributed by atoms with Crippen molar-refractivity contribution in [2.45, 2.75) is 25.1 Å². The van der Waals surface area contributed by atoms with Gasteiger partial charge in [0.25, 0.3) is 17.7 Å². The minimum absolute atomic E-state index is 0.0896. The number of nitrogens with zero attached hydrogens (tertiary/aromatic N) is 4. The quantitative estimate of drug-likeness (QED) is 0.285. The maximum absolute atomic E-state index is 13.1. The lowest BCUT2D eigenvalue weighted by molar-refractivity contribution is -0.138. The van der Waals surface area contributed by atoms with Crippen LogP contribution in [0.5, 0.6) is 0 Å². The number of nitrogens with one attached hydrogen (secondary N) is 3. The Balaban J connectivity index is 1.19. The molecule has 0 bridgehead atoms. The van der Waals surface area contributed by atoms with Crippen LogP contribution in [0, 0.1) is 0 Å². The first kappa shape index (κ1) is 26.6. The largest absolute Gasteiger partial charge is 0.419 e. The molecule has 0 saturated carbocycles. The summed E-state index contributed by atoms with van der Waals surface area (Å²) in [5.74, 6) is -1.19. The van der Waals surface area contributed by atoms with E-state index in [2.05, 4.69) is 30.6 Å². The average Bonchev–Trinajstić information content (AvgIpc) is 3.35. The molecule has 2 aromatic carbocycles. The fourth-order valence-corrected chi connectivity index (χ4v) is 4.40. The second-order valence-electron chi connectivity index (χ2n) is 9.19. The predicted molar refractivity (Wildman–Crippen MR) is 139 cm³/mol. The zero-order valence-electron chi connectivity index (χ0n) is 20.8. The number of imidazole rings is 1. The van der Waals surface area contributed by atoms with Crippen LogP contribution < -0.4 is 16.4 Å². The molecule has 0 aliphatic carbocycles. The summed E-state index contributed by atoms with van der Waals surface area (Å²) in [6, 6.07) is 11.0. The number of likely N-dealkylation sites (tertiary alicyclic amines) is 1. The zero-order valence-corrected chi connectivity index (χ0v) is 20.8. The number of amides is 3. The number of anilines is 2. The predicted octanol–water partition coefficient (Wildman–Crippen LogP) is 3.44. The monoisotopic (exact) mass is 552 g/mol. The number of nitrogens with two attached hydrogens (primary N) is 1. The van der Waals surface area contributed by atoms with Gasteiger partial charge in [0.05, 0.1) is 16.6 Å². The van der Waals surface area contributed by atoms with Gasteiger partial charge in [0.2, 0.25) is 11.9 Å². The van der Waals surface area contributed by atoms with Gasteiger partial charge in [-0.1, -0.05) is 12.1 Å². The number of carbonyl (C=O) groups is 3. The first-order valence-electron chi connectivity index (χ1n) is 12.2. The molecular formula is C26H23F3N8O3. The zero-order chi connectivity index (χ0) is 28.4. The summed E-state index contributed by atoms with van der Waals surface area (Å²) in [5.41, 5.74) is 6.09. The van der Waals surface area contributed by atoms with E-state index in [-0.39, 0.29) is 35.0 Å². The summed E-state index contributed by atoms with van der Waals surface area (Å²) in [7, 11) is 0. The highest BCUT2D eigenvalue weighted by molar-refractivity contribution is 6.07. The van der Waals surface area contributed by atoms with Crippen LogP contribution in [-0.2, 0) is 6.18 Å². The highest BCUT2D eigenvalue weighted by atomic mass is 19.4. The number of halogens is 3. The van der Waals surface area contributed by atoms with E-state index in [1.807, 2.05) is 0 Å². The van der Waals surface area contributed by atoms with Crippen LogP contribution in [0.3, 0.4) is 0 Å². The minimum Gasteiger partial charge on any atom is -0.366 e. The van der Waals surface area contributed by atoms with Gasteiger partial charge in [-0.2, -0.15) is 13.2 Å². The molecule has 5 rings (SSSR count). The fraction of sp³-hybridized carbons (Fsp3) is 0.231. The van der Waals surface area contributed by atoms with E-state index in [4.69, 9.17) is 5.73 Å². The number of hydrogen-bond acceptors (Lipinski definition) is 7. The lowest BCUT2D eigenvalue weighted by Gasteiger charge is -2.32. The van der Waals surface area contributed by atoms with Crippen molar-refractivity contribution >= 4 is 40.7 Å². The number of H-pyrrole nitrogens is 1. The number of piperidine rings is 1. The van der Waals surface area contributed by atoms with Gasteiger partial charge >= 0.3 is 6.18 Å². The van der Waals surface area contributed by atoms with Gasteiger partial charge in [0, 0.05) is 42.7 Å². The van der Waals surface area contributed by atoms with Crippen molar-refractivity contribution in [1.82, 2.24) is 24.8 Å². The molecule has 1 aliphatic rings. The molecule has 0 spiro atoms. The third kappa shape index (κ3) is 5.70. The van der Waals surface area contributed by atoms with Crippen LogP contribution in [0.25, 0.3) is 11.0 Å². The lowest BCUT2D eigenvalue weighted by atomic mass is 10.0. The van der Waals surface area contributed by atoms with Crippen LogP contribution in [0.15, 0.2) is 54.9 Å². The van der Waals surface area contributed by atoms with Crippen LogP contribution in [0.1, 0.15) is 49.5 Å². The SMILES string of the molecule is NC(=O)c1cccc2[nH]c(NC(=O)c3cccc(C(=O)N4CCC(Nc5ncc(C(F)(F)F)cn5)CC4)c3)nc12. The van der Waals surface area contributed by atoms with Crippen molar-refractivity contribution in [2.24, 2.45) is 5.73 Å². The van der Waals surface area contributed by atoms with Gasteiger partial charge in [-0.05, 0) is 43.2 Å². The second kappa shape index (κ2) is 10.6. The summed E-state index contributed by atoms with van der Waals surface area (Å²) in [6.45, 7) is 0.795. The Hall–Kier alpha value is -5.01. The van der Waals surface area contributed by atoms with E-state index < -0.39 is 23.6 Å². The molecule has 3 heterocycles. The van der Waals surface area contributed by atoms with Crippen molar-refractivity contribution in [2.75, 3.05) is 23.7 Å². The van der Waals surface area contributed by atoms with E-state index in [0.717, 1.165) is 12.4 Å². The maximum Gasteiger partial charge on any atom is 0.419 e. The topological polar surface area (TPSA) is 159 Å². The summed E-state index contributed by atoms with van der Waals surface area (Å²) in [5, 5.41) is 5.65. The molecule has 4 aromatic rings. The van der Waals surface area contributed by atoms with Gasteiger partial charge in [0.1, 0.15) is 5.52 Å². The lowest BCUT2D eigenvalue weighted by Crippen LogP contribution is -2.42. The number of benzene rings is 2. The number of rotatable bonds is 6. The first-order valence-corrected chi connectivity index (χ1v) is 12.2. The van der Waals surface area contributed by atoms with Crippen molar-refractivity contribution in [3.05, 3.63) is 77.1 Å². The summed E-state index contributed by atoms with van der Waals surface area (Å²) in [4.78, 5) is 53.9. The molecule has 11 nitrogen and oxygen atoms in total. The Bertz CT molecular complexity index is 1580. The number of aromatic nitrogens is 4. The molecule has 2 aromatic heterocycles. The molecule has 0 radical (unpaired) electrons. The normalized spacial score (nSPS) is 14.2. The van der Waals surface area contributed by atoms with Gasteiger partial charge in [-0.3, -0.25) is 19.7 Å². The molecule has 1 saturated heterocycles. The van der Waals surface area contributed by atoms with E-state index >= 15 is 0 Å². The Labute approximate surface area is 225 Å². The van der Waals surface area contributed by atoms with E-state index in [1.54, 1.807) is 35.2 Å². The van der Waals surface area contributed by atoms with Gasteiger partial charge in [0.15, 0.2) is 0 Å². The molecular weight excluding hydrogens is 529 g/mol. The number of hydrogen-bond donors (Lipinski definition) is 4. The van der Waals surface area contributed by atoms with Crippen LogP contribution in [0.4, 0.5) is 25.1 Å². The van der Waals surface area contributed by atoms with Crippen LogP contribution in [-0.4, -0.2) is 61.7 Å². The number of primary amides is 1. The van der Waals surface area contributed by atoms with Gasteiger partial charge in [-0.15, -0.1) is 0 Å². The molecule has 0 unspecified atom stereocenters. The second-order valence-corrected chi connectivity index (χ2v) is 9.19. The van der Waals surface area contributed by atoms with Crippen molar-refractivity contribution < 1.29 is 27.6 Å². The Morgan fingerprint density at radius 1 is 1.00 bits per heavy atom. The molecule has 3 amide bonds. The van der Waals surface area contributed by atoms with Crippen molar-refractivity contribution in [3.8, 4) is 0 Å². The van der Waals surface area contributed by atoms with Crippen LogP contribution in [0.2, 0.25) is 0 Å². The highest BCUT2D eigenvalue weighted by Crippen LogP contribution is 2.28. The Kier molecular flexibility index (Phi) is 7.07. The maximum atomic E-state index is 13.1. The third-order valence-corrected chi connectivity index (χ3v) is 6.48. The number of carbonyl (C=O) groups excluding carboxylic acids is 3. The van der Waals surface area contributed by atoms with Gasteiger partial charge < -0.3 is 20.9 Å². The highest BCUT2D eigenvalue weighted by Gasteiger charge is 2.31. The molecule has 1 fully saturated rings. The van der Waals surface area contributed by atoms with Crippen molar-refractivity contribution in [3.63, 3.8) is 0 Å². The number of alkyl halides is 3. The molecule has 14 heteroatoms. The fourth-order valence-electron chi connectivity index (χ4n) is 4.40. The van der Waals surface area contributed by atoms with E-state index in [0.29, 0.717) is 42.5 Å². The Morgan fingerprint density at radius 3 is 2.35 bits per heavy atom. The summed E-state index contributed by atoms with van der Waals surface area (Å²) >= 11 is 0.